The summed E-state index contributed by atoms with van der Waals surface area (Å²) in [5.74, 6) is 0.807. The Balaban J connectivity index is 1.54. The molecule has 3 aromatic rings. The van der Waals surface area contributed by atoms with E-state index in [0.29, 0.717) is 6.54 Å². The van der Waals surface area contributed by atoms with Crippen LogP contribution >= 0.6 is 0 Å². The second kappa shape index (κ2) is 7.47. The molecule has 2 aromatic carbocycles. The standard InChI is InChI=1S/C19H23N3O2/c1-21(11-15-10-20-22(2)12-15)13-17(23)14-24-19-9-5-7-16-6-3-4-8-18(16)19/h3-10,12,17,23H,11,13-14H2,1-2H3. The maximum Gasteiger partial charge on any atom is 0.127 e. The first-order chi connectivity index (χ1) is 11.6. The van der Waals surface area contributed by atoms with Gasteiger partial charge < -0.3 is 9.84 Å². The Morgan fingerprint density at radius 2 is 2.00 bits per heavy atom. The molecule has 0 amide bonds. The van der Waals surface area contributed by atoms with E-state index in [-0.39, 0.29) is 6.61 Å². The maximum absolute atomic E-state index is 10.2. The van der Waals surface area contributed by atoms with E-state index < -0.39 is 6.10 Å². The van der Waals surface area contributed by atoms with Gasteiger partial charge in [-0.3, -0.25) is 9.58 Å². The number of hydrogen-bond donors (Lipinski definition) is 1. The lowest BCUT2D eigenvalue weighted by Gasteiger charge is -2.20. The van der Waals surface area contributed by atoms with Crippen LogP contribution in [0.3, 0.4) is 0 Å². The average molecular weight is 325 g/mol. The molecule has 0 saturated carbocycles. The van der Waals surface area contributed by atoms with Gasteiger partial charge in [0, 0.05) is 37.3 Å². The average Bonchev–Trinajstić information content (AvgIpc) is 2.97. The summed E-state index contributed by atoms with van der Waals surface area (Å²) in [6.45, 7) is 1.56. The van der Waals surface area contributed by atoms with Gasteiger partial charge in [-0.15, -0.1) is 0 Å². The van der Waals surface area contributed by atoms with E-state index in [1.165, 1.54) is 0 Å². The highest BCUT2D eigenvalue weighted by Crippen LogP contribution is 2.25. The van der Waals surface area contributed by atoms with Crippen LogP contribution in [-0.4, -0.2) is 46.1 Å². The first-order valence-corrected chi connectivity index (χ1v) is 8.06. The van der Waals surface area contributed by atoms with Crippen molar-refractivity contribution in [2.75, 3.05) is 20.2 Å². The summed E-state index contributed by atoms with van der Waals surface area (Å²) < 4.78 is 7.62. The largest absolute Gasteiger partial charge is 0.490 e. The number of nitrogens with zero attached hydrogens (tertiary/aromatic N) is 3. The van der Waals surface area contributed by atoms with Crippen molar-refractivity contribution in [2.45, 2.75) is 12.6 Å². The lowest BCUT2D eigenvalue weighted by Crippen LogP contribution is -2.32. The number of aliphatic hydroxyl groups is 1. The van der Waals surface area contributed by atoms with E-state index in [1.807, 2.05) is 56.8 Å². The van der Waals surface area contributed by atoms with Crippen LogP contribution in [0.2, 0.25) is 0 Å². The minimum atomic E-state index is -0.550. The first-order valence-electron chi connectivity index (χ1n) is 8.06. The molecular weight excluding hydrogens is 302 g/mol. The van der Waals surface area contributed by atoms with Gasteiger partial charge in [-0.1, -0.05) is 36.4 Å². The molecule has 0 fully saturated rings. The highest BCUT2D eigenvalue weighted by atomic mass is 16.5. The second-order valence-electron chi connectivity index (χ2n) is 6.16. The highest BCUT2D eigenvalue weighted by Gasteiger charge is 2.11. The molecule has 5 heteroatoms. The topological polar surface area (TPSA) is 50.5 Å². The van der Waals surface area contributed by atoms with E-state index in [2.05, 4.69) is 22.1 Å². The van der Waals surface area contributed by atoms with Crippen LogP contribution in [0, 0.1) is 0 Å². The lowest BCUT2D eigenvalue weighted by molar-refractivity contribution is 0.0750. The summed E-state index contributed by atoms with van der Waals surface area (Å²) in [7, 11) is 3.88. The van der Waals surface area contributed by atoms with Crippen LogP contribution in [-0.2, 0) is 13.6 Å². The zero-order valence-corrected chi connectivity index (χ0v) is 14.1. The molecule has 1 atom stereocenters. The number of benzene rings is 2. The molecule has 1 aromatic heterocycles. The minimum absolute atomic E-state index is 0.269. The molecule has 3 rings (SSSR count). The van der Waals surface area contributed by atoms with E-state index in [4.69, 9.17) is 4.74 Å². The third-order valence-electron chi connectivity index (χ3n) is 3.91. The summed E-state index contributed by atoms with van der Waals surface area (Å²) in [6.07, 6.45) is 3.27. The highest BCUT2D eigenvalue weighted by molar-refractivity contribution is 5.88. The summed E-state index contributed by atoms with van der Waals surface area (Å²) in [6, 6.07) is 14.1. The van der Waals surface area contributed by atoms with Crippen molar-refractivity contribution in [3.63, 3.8) is 0 Å². The molecule has 0 aliphatic heterocycles. The van der Waals surface area contributed by atoms with Gasteiger partial charge in [-0.25, -0.2) is 0 Å². The summed E-state index contributed by atoms with van der Waals surface area (Å²) in [5.41, 5.74) is 1.13. The van der Waals surface area contributed by atoms with Gasteiger partial charge in [0.05, 0.1) is 6.20 Å². The number of hydrogen-bond acceptors (Lipinski definition) is 4. The zero-order chi connectivity index (χ0) is 16.9. The molecule has 1 unspecified atom stereocenters. The Labute approximate surface area is 142 Å². The monoisotopic (exact) mass is 325 g/mol. The third kappa shape index (κ3) is 4.13. The minimum Gasteiger partial charge on any atom is -0.490 e. The Morgan fingerprint density at radius 3 is 2.79 bits per heavy atom. The van der Waals surface area contributed by atoms with Crippen LogP contribution in [0.25, 0.3) is 10.8 Å². The van der Waals surface area contributed by atoms with Crippen molar-refractivity contribution < 1.29 is 9.84 Å². The number of likely N-dealkylation sites (N-methyl/N-ethyl adjacent to an activating group) is 1. The number of rotatable bonds is 7. The zero-order valence-electron chi connectivity index (χ0n) is 14.1. The Hall–Kier alpha value is -2.37. The van der Waals surface area contributed by atoms with Crippen molar-refractivity contribution in [3.8, 4) is 5.75 Å². The molecule has 0 radical (unpaired) electrons. The number of aryl methyl sites for hydroxylation is 1. The van der Waals surface area contributed by atoms with Crippen LogP contribution in [0.4, 0.5) is 0 Å². The molecule has 126 valence electrons. The number of aromatic nitrogens is 2. The van der Waals surface area contributed by atoms with Crippen molar-refractivity contribution in [1.82, 2.24) is 14.7 Å². The smallest absolute Gasteiger partial charge is 0.127 e. The van der Waals surface area contributed by atoms with Crippen LogP contribution in [0.5, 0.6) is 5.75 Å². The molecule has 0 saturated heterocycles. The molecule has 0 aliphatic rings. The number of aliphatic hydroxyl groups excluding tert-OH is 1. The molecule has 1 N–H and O–H groups in total. The van der Waals surface area contributed by atoms with Crippen LogP contribution in [0.15, 0.2) is 54.9 Å². The van der Waals surface area contributed by atoms with Gasteiger partial charge in [0.15, 0.2) is 0 Å². The van der Waals surface area contributed by atoms with E-state index in [9.17, 15) is 5.11 Å². The van der Waals surface area contributed by atoms with Gasteiger partial charge in [0.2, 0.25) is 0 Å². The van der Waals surface area contributed by atoms with Gasteiger partial charge in [0.25, 0.3) is 0 Å². The van der Waals surface area contributed by atoms with Crippen molar-refractivity contribution in [1.29, 1.82) is 0 Å². The predicted octanol–water partition coefficient (Wildman–Crippen LogP) is 2.45. The third-order valence-corrected chi connectivity index (χ3v) is 3.91. The maximum atomic E-state index is 10.2. The Morgan fingerprint density at radius 1 is 1.21 bits per heavy atom. The lowest BCUT2D eigenvalue weighted by atomic mass is 10.1. The fraction of sp³-hybridized carbons (Fsp3) is 0.316. The molecule has 24 heavy (non-hydrogen) atoms. The first kappa shape index (κ1) is 16.5. The van der Waals surface area contributed by atoms with Gasteiger partial charge in [0.1, 0.15) is 18.5 Å². The van der Waals surface area contributed by atoms with E-state index >= 15 is 0 Å². The molecule has 0 spiro atoms. The summed E-state index contributed by atoms with van der Waals surface area (Å²) >= 11 is 0. The quantitative estimate of drug-likeness (QED) is 0.725. The van der Waals surface area contributed by atoms with Crippen molar-refractivity contribution in [3.05, 3.63) is 60.4 Å². The Kier molecular flexibility index (Phi) is 5.13. The molecular formula is C19H23N3O2. The predicted molar refractivity (Wildman–Crippen MR) is 95.0 cm³/mol. The van der Waals surface area contributed by atoms with Crippen molar-refractivity contribution >= 4 is 10.8 Å². The van der Waals surface area contributed by atoms with Crippen LogP contribution in [0.1, 0.15) is 5.56 Å². The summed E-state index contributed by atoms with van der Waals surface area (Å²) in [4.78, 5) is 2.06. The normalized spacial score (nSPS) is 12.7. The SMILES string of the molecule is CN(Cc1cnn(C)c1)CC(O)COc1cccc2ccccc12. The molecule has 1 heterocycles. The Bertz CT molecular complexity index is 795. The summed E-state index contributed by atoms with van der Waals surface area (Å²) in [5, 5.41) is 16.6. The van der Waals surface area contributed by atoms with E-state index in [0.717, 1.165) is 28.6 Å². The van der Waals surface area contributed by atoms with Gasteiger partial charge >= 0.3 is 0 Å². The van der Waals surface area contributed by atoms with Gasteiger partial charge in [-0.05, 0) is 18.5 Å². The molecule has 0 bridgehead atoms. The second-order valence-corrected chi connectivity index (χ2v) is 6.16. The molecule has 0 aliphatic carbocycles. The van der Waals surface area contributed by atoms with Crippen molar-refractivity contribution in [2.24, 2.45) is 7.05 Å². The van der Waals surface area contributed by atoms with E-state index in [1.54, 1.807) is 4.68 Å². The fourth-order valence-electron chi connectivity index (χ4n) is 2.85. The van der Waals surface area contributed by atoms with Gasteiger partial charge in [-0.2, -0.15) is 5.10 Å². The molecule has 5 nitrogen and oxygen atoms in total. The number of fused-ring (bicyclic) bond motifs is 1. The van der Waals surface area contributed by atoms with Crippen LogP contribution < -0.4 is 4.74 Å². The fourth-order valence-corrected chi connectivity index (χ4v) is 2.85. The number of ether oxygens (including phenoxy) is 1.